The first-order valence-corrected chi connectivity index (χ1v) is 15.1. The summed E-state index contributed by atoms with van der Waals surface area (Å²) in [7, 11) is 0. The number of H-pyrrole nitrogens is 1. The van der Waals surface area contributed by atoms with E-state index in [0.717, 1.165) is 12.8 Å². The van der Waals surface area contributed by atoms with Crippen molar-refractivity contribution >= 4 is 40.1 Å². The van der Waals surface area contributed by atoms with Crippen LogP contribution in [0, 0.1) is 22.7 Å². The number of nitrogens with one attached hydrogen (secondary N) is 2. The average molecular weight is 619 g/mol. The van der Waals surface area contributed by atoms with Gasteiger partial charge >= 0.3 is 12.6 Å². The standard InChI is InChI=1S/C33H44F2N2O7/c1-32(2,3)17-20(15-26(39)24-16-21-22(36-24)11-9-13-28(21)44-31(34)35)29(41)37-23(14-19-10-7-8-12-25(19)38)27(40)18-43-30(42)33(4,5)6/h9,11,13,16,19-20,23,31,36H,7-8,10,12,14-15,17-18H2,1-6H3,(H,37,41)/t19-,20-,23-/m0/s1. The molecule has 44 heavy (non-hydrogen) atoms. The number of carbonyl (C=O) groups is 5. The number of benzene rings is 1. The Hall–Kier alpha value is -3.63. The first-order valence-electron chi connectivity index (χ1n) is 15.1. The number of esters is 1. The fourth-order valence-corrected chi connectivity index (χ4v) is 5.41. The zero-order valence-electron chi connectivity index (χ0n) is 26.4. The molecular weight excluding hydrogens is 574 g/mol. The molecule has 3 rings (SSSR count). The Bertz CT molecular complexity index is 1370. The zero-order valence-corrected chi connectivity index (χ0v) is 26.4. The van der Waals surface area contributed by atoms with Gasteiger partial charge in [-0.25, -0.2) is 0 Å². The lowest BCUT2D eigenvalue weighted by molar-refractivity contribution is -0.156. The van der Waals surface area contributed by atoms with Crippen LogP contribution >= 0.6 is 0 Å². The minimum Gasteiger partial charge on any atom is -0.457 e. The minimum atomic E-state index is -3.04. The molecule has 11 heteroatoms. The molecule has 0 aliphatic heterocycles. The summed E-state index contributed by atoms with van der Waals surface area (Å²) >= 11 is 0. The maximum Gasteiger partial charge on any atom is 0.387 e. The molecular formula is C33H44F2N2O7. The van der Waals surface area contributed by atoms with Crippen molar-refractivity contribution in [2.45, 2.75) is 99.1 Å². The number of fused-ring (bicyclic) bond motifs is 1. The number of aromatic nitrogens is 1. The maximum atomic E-state index is 13.7. The van der Waals surface area contributed by atoms with Crippen molar-refractivity contribution in [1.29, 1.82) is 0 Å². The number of carbonyl (C=O) groups excluding carboxylic acids is 5. The summed E-state index contributed by atoms with van der Waals surface area (Å²) in [5.41, 5.74) is -0.643. The molecule has 1 heterocycles. The van der Waals surface area contributed by atoms with E-state index in [0.29, 0.717) is 30.2 Å². The zero-order chi connectivity index (χ0) is 32.8. The Morgan fingerprint density at radius 3 is 2.39 bits per heavy atom. The fraction of sp³-hybridized carbons (Fsp3) is 0.606. The van der Waals surface area contributed by atoms with Crippen LogP contribution in [0.15, 0.2) is 24.3 Å². The van der Waals surface area contributed by atoms with E-state index in [9.17, 15) is 32.8 Å². The lowest BCUT2D eigenvalue weighted by atomic mass is 9.80. The van der Waals surface area contributed by atoms with Gasteiger partial charge in [0.15, 0.2) is 18.2 Å². The van der Waals surface area contributed by atoms with Gasteiger partial charge in [0.25, 0.3) is 0 Å². The summed E-state index contributed by atoms with van der Waals surface area (Å²) < 4.78 is 35.6. The van der Waals surface area contributed by atoms with Gasteiger partial charge in [0.1, 0.15) is 11.5 Å². The van der Waals surface area contributed by atoms with Gasteiger partial charge in [-0.3, -0.25) is 24.0 Å². The molecule has 2 N–H and O–H groups in total. The van der Waals surface area contributed by atoms with Gasteiger partial charge in [0, 0.05) is 35.6 Å². The first-order chi connectivity index (χ1) is 20.4. The lowest BCUT2D eigenvalue weighted by Crippen LogP contribution is -2.48. The highest BCUT2D eigenvalue weighted by atomic mass is 19.3. The van der Waals surface area contributed by atoms with Crippen molar-refractivity contribution < 1.29 is 42.2 Å². The van der Waals surface area contributed by atoms with Crippen LogP contribution in [-0.4, -0.2) is 53.5 Å². The van der Waals surface area contributed by atoms with Gasteiger partial charge < -0.3 is 19.8 Å². The Morgan fingerprint density at radius 2 is 1.77 bits per heavy atom. The summed E-state index contributed by atoms with van der Waals surface area (Å²) in [5.74, 6) is -3.35. The summed E-state index contributed by atoms with van der Waals surface area (Å²) in [6.07, 6.45) is 2.79. The van der Waals surface area contributed by atoms with Crippen LogP contribution in [0.4, 0.5) is 8.78 Å². The lowest BCUT2D eigenvalue weighted by Gasteiger charge is -2.29. The van der Waals surface area contributed by atoms with Crippen LogP contribution in [0.2, 0.25) is 0 Å². The van der Waals surface area contributed by atoms with Gasteiger partial charge in [-0.05, 0) is 70.1 Å². The molecule has 0 radical (unpaired) electrons. The Kier molecular flexibility index (Phi) is 11.4. The van der Waals surface area contributed by atoms with Crippen molar-refractivity contribution in [3.8, 4) is 5.75 Å². The molecule has 0 bridgehead atoms. The molecule has 1 aromatic carbocycles. The molecule has 1 aliphatic carbocycles. The number of halogens is 2. The van der Waals surface area contributed by atoms with Gasteiger partial charge in [-0.2, -0.15) is 8.78 Å². The summed E-state index contributed by atoms with van der Waals surface area (Å²) in [4.78, 5) is 68.3. The van der Waals surface area contributed by atoms with E-state index in [2.05, 4.69) is 15.0 Å². The van der Waals surface area contributed by atoms with Crippen LogP contribution in [-0.2, 0) is 23.9 Å². The normalized spacial score (nSPS) is 17.3. The highest BCUT2D eigenvalue weighted by Gasteiger charge is 2.35. The number of ketones is 3. The summed E-state index contributed by atoms with van der Waals surface area (Å²) in [6, 6.07) is 4.86. The number of Topliss-reactive ketones (excluding diaryl/α,β-unsaturated/α-hetero) is 3. The molecule has 1 aliphatic rings. The van der Waals surface area contributed by atoms with E-state index in [-0.39, 0.29) is 35.5 Å². The molecule has 0 unspecified atom stereocenters. The van der Waals surface area contributed by atoms with E-state index < -0.39 is 60.0 Å². The summed E-state index contributed by atoms with van der Waals surface area (Å²) in [6.45, 7) is 7.15. The van der Waals surface area contributed by atoms with Gasteiger partial charge in [0.05, 0.1) is 17.2 Å². The number of hydrogen-bond donors (Lipinski definition) is 2. The predicted octanol–water partition coefficient (Wildman–Crippen LogP) is 6.19. The van der Waals surface area contributed by atoms with E-state index in [1.807, 2.05) is 20.8 Å². The van der Waals surface area contributed by atoms with Crippen LogP contribution in [0.1, 0.15) is 97.0 Å². The molecule has 3 atom stereocenters. The Balaban J connectivity index is 1.83. The van der Waals surface area contributed by atoms with Crippen molar-refractivity contribution in [2.24, 2.45) is 22.7 Å². The van der Waals surface area contributed by atoms with Crippen molar-refractivity contribution in [3.05, 3.63) is 30.0 Å². The largest absolute Gasteiger partial charge is 0.457 e. The fourth-order valence-electron chi connectivity index (χ4n) is 5.41. The Labute approximate surface area is 256 Å². The van der Waals surface area contributed by atoms with Crippen LogP contribution in [0.3, 0.4) is 0 Å². The minimum absolute atomic E-state index is 0.0328. The highest BCUT2D eigenvalue weighted by molar-refractivity contribution is 6.02. The molecule has 1 amide bonds. The van der Waals surface area contributed by atoms with Gasteiger partial charge in [-0.1, -0.05) is 33.3 Å². The Morgan fingerprint density at radius 1 is 1.07 bits per heavy atom. The highest BCUT2D eigenvalue weighted by Crippen LogP contribution is 2.31. The number of aromatic amines is 1. The molecule has 2 aromatic rings. The number of alkyl halides is 2. The van der Waals surface area contributed by atoms with Gasteiger partial charge in [-0.15, -0.1) is 0 Å². The average Bonchev–Trinajstić information content (AvgIpc) is 3.36. The SMILES string of the molecule is CC(C)(C)C[C@H](CC(=O)c1cc2c(OC(F)F)cccc2[nH]1)C(=O)N[C@@H](C[C@@H]1CCCCC1=O)C(=O)COC(=O)C(C)(C)C. The van der Waals surface area contributed by atoms with Crippen molar-refractivity contribution in [3.63, 3.8) is 0 Å². The predicted molar refractivity (Wildman–Crippen MR) is 160 cm³/mol. The molecule has 9 nitrogen and oxygen atoms in total. The third-order valence-corrected chi connectivity index (χ3v) is 7.67. The van der Waals surface area contributed by atoms with Crippen molar-refractivity contribution in [2.75, 3.05) is 6.61 Å². The molecule has 242 valence electrons. The maximum absolute atomic E-state index is 13.7. The number of rotatable bonds is 13. The van der Waals surface area contributed by atoms with E-state index in [1.165, 1.54) is 18.2 Å². The summed E-state index contributed by atoms with van der Waals surface area (Å²) in [5, 5.41) is 3.09. The monoisotopic (exact) mass is 618 g/mol. The van der Waals surface area contributed by atoms with E-state index >= 15 is 0 Å². The molecule has 1 saturated carbocycles. The van der Waals surface area contributed by atoms with Crippen LogP contribution < -0.4 is 10.1 Å². The van der Waals surface area contributed by atoms with Crippen LogP contribution in [0.25, 0.3) is 10.9 Å². The first kappa shape index (κ1) is 34.9. The molecule has 1 fully saturated rings. The molecule has 0 saturated heterocycles. The second-order valence-corrected chi connectivity index (χ2v) is 13.9. The molecule has 1 aromatic heterocycles. The number of amides is 1. The topological polar surface area (TPSA) is 132 Å². The second-order valence-electron chi connectivity index (χ2n) is 13.9. The number of ether oxygens (including phenoxy) is 2. The third kappa shape index (κ3) is 9.95. The smallest absolute Gasteiger partial charge is 0.387 e. The van der Waals surface area contributed by atoms with Crippen LogP contribution in [0.5, 0.6) is 5.75 Å². The van der Waals surface area contributed by atoms with Gasteiger partial charge in [0.2, 0.25) is 5.91 Å². The van der Waals surface area contributed by atoms with Crippen molar-refractivity contribution in [1.82, 2.24) is 10.3 Å². The van der Waals surface area contributed by atoms with E-state index in [1.54, 1.807) is 26.8 Å². The second kappa shape index (κ2) is 14.4. The number of hydrogen-bond acceptors (Lipinski definition) is 7. The molecule has 0 spiro atoms. The third-order valence-electron chi connectivity index (χ3n) is 7.67. The van der Waals surface area contributed by atoms with E-state index in [4.69, 9.17) is 4.74 Å². The quantitative estimate of drug-likeness (QED) is 0.202.